The molecule has 0 saturated heterocycles. The molecule has 0 saturated carbocycles. The summed E-state index contributed by atoms with van der Waals surface area (Å²) in [5, 5.41) is 7.04. The SMILES string of the molecule is COc1ccc(CNC(=O)[C@H](CCSC)NC(=O)[C@@H]2Cc3c([nH]c4ccccc34)[C@H]3c4ccccc4C(=O)N32)cc1. The number of amides is 3. The van der Waals surface area contributed by atoms with Crippen LogP contribution in [0.5, 0.6) is 5.75 Å². The average Bonchev–Trinajstić information content (AvgIpc) is 3.53. The predicted molar refractivity (Wildman–Crippen MR) is 160 cm³/mol. The highest BCUT2D eigenvalue weighted by atomic mass is 32.2. The van der Waals surface area contributed by atoms with Crippen molar-refractivity contribution in [3.63, 3.8) is 0 Å². The smallest absolute Gasteiger partial charge is 0.255 e. The lowest BCUT2D eigenvalue weighted by Crippen LogP contribution is -2.56. The van der Waals surface area contributed by atoms with E-state index in [1.54, 1.807) is 23.8 Å². The first-order valence-electron chi connectivity index (χ1n) is 13.7. The number of nitrogens with zero attached hydrogens (tertiary/aromatic N) is 1. The van der Waals surface area contributed by atoms with Crippen LogP contribution in [0.3, 0.4) is 0 Å². The van der Waals surface area contributed by atoms with Gasteiger partial charge in [-0.2, -0.15) is 11.8 Å². The van der Waals surface area contributed by atoms with Crippen LogP contribution in [0.25, 0.3) is 10.9 Å². The summed E-state index contributed by atoms with van der Waals surface area (Å²) in [6.45, 7) is 0.332. The van der Waals surface area contributed by atoms with Gasteiger partial charge < -0.3 is 25.3 Å². The number of ether oxygens (including phenoxy) is 1. The molecular formula is C32H32N4O4S. The van der Waals surface area contributed by atoms with Gasteiger partial charge in [0, 0.05) is 35.1 Å². The molecular weight excluding hydrogens is 536 g/mol. The number of carbonyl (C=O) groups is 3. The maximum Gasteiger partial charge on any atom is 0.255 e. The molecule has 0 bridgehead atoms. The second-order valence-electron chi connectivity index (χ2n) is 10.4. The number of thioether (sulfide) groups is 1. The molecule has 0 spiro atoms. The molecule has 0 fully saturated rings. The lowest BCUT2D eigenvalue weighted by Gasteiger charge is -2.37. The van der Waals surface area contributed by atoms with Gasteiger partial charge in [-0.3, -0.25) is 14.4 Å². The van der Waals surface area contributed by atoms with E-state index in [0.29, 0.717) is 30.7 Å². The predicted octanol–water partition coefficient (Wildman–Crippen LogP) is 4.20. The van der Waals surface area contributed by atoms with E-state index in [1.807, 2.05) is 79.1 Å². The first-order chi connectivity index (χ1) is 20.0. The number of carbonyl (C=O) groups excluding carboxylic acids is 3. The number of aromatic nitrogens is 1. The maximum atomic E-state index is 14.0. The fourth-order valence-corrected chi connectivity index (χ4v) is 6.44. The van der Waals surface area contributed by atoms with Gasteiger partial charge in [-0.05, 0) is 59.4 Å². The van der Waals surface area contributed by atoms with Crippen molar-refractivity contribution in [2.45, 2.75) is 37.5 Å². The van der Waals surface area contributed by atoms with Crippen LogP contribution in [-0.2, 0) is 22.6 Å². The molecule has 3 amide bonds. The van der Waals surface area contributed by atoms with Crippen molar-refractivity contribution in [2.24, 2.45) is 0 Å². The molecule has 41 heavy (non-hydrogen) atoms. The molecule has 1 aromatic heterocycles. The zero-order valence-corrected chi connectivity index (χ0v) is 23.8. The third kappa shape index (κ3) is 4.95. The lowest BCUT2D eigenvalue weighted by atomic mass is 9.89. The van der Waals surface area contributed by atoms with Crippen molar-refractivity contribution in [3.05, 3.63) is 101 Å². The summed E-state index contributed by atoms with van der Waals surface area (Å²) in [5.41, 5.74) is 5.39. The Hall–Kier alpha value is -4.24. The van der Waals surface area contributed by atoms with Crippen molar-refractivity contribution < 1.29 is 19.1 Å². The normalized spacial score (nSPS) is 17.9. The molecule has 2 aliphatic heterocycles. The van der Waals surface area contributed by atoms with E-state index < -0.39 is 12.1 Å². The Balaban J connectivity index is 1.27. The highest BCUT2D eigenvalue weighted by Gasteiger charge is 2.49. The average molecular weight is 569 g/mol. The van der Waals surface area contributed by atoms with Crippen LogP contribution in [0, 0.1) is 0 Å². The summed E-state index contributed by atoms with van der Waals surface area (Å²) in [6.07, 6.45) is 2.81. The van der Waals surface area contributed by atoms with Crippen LogP contribution in [0.4, 0.5) is 0 Å². The fourth-order valence-electron chi connectivity index (χ4n) is 5.97. The van der Waals surface area contributed by atoms with Crippen LogP contribution in [-0.4, -0.2) is 58.8 Å². The van der Waals surface area contributed by atoms with Gasteiger partial charge in [0.15, 0.2) is 0 Å². The van der Waals surface area contributed by atoms with Gasteiger partial charge >= 0.3 is 0 Å². The highest BCUT2D eigenvalue weighted by Crippen LogP contribution is 2.46. The summed E-state index contributed by atoms with van der Waals surface area (Å²) < 4.78 is 5.21. The van der Waals surface area contributed by atoms with Gasteiger partial charge in [0.2, 0.25) is 11.8 Å². The van der Waals surface area contributed by atoms with E-state index in [2.05, 4.69) is 15.6 Å². The molecule has 0 aliphatic carbocycles. The molecule has 2 aliphatic rings. The number of rotatable bonds is 9. The molecule has 4 aromatic rings. The van der Waals surface area contributed by atoms with Gasteiger partial charge in [-0.1, -0.05) is 48.5 Å². The van der Waals surface area contributed by atoms with Crippen LogP contribution in [0.1, 0.15) is 45.2 Å². The molecule has 0 unspecified atom stereocenters. The van der Waals surface area contributed by atoms with Gasteiger partial charge in [-0.15, -0.1) is 0 Å². The minimum absolute atomic E-state index is 0.167. The Morgan fingerprint density at radius 2 is 1.83 bits per heavy atom. The Morgan fingerprint density at radius 1 is 1.07 bits per heavy atom. The summed E-state index contributed by atoms with van der Waals surface area (Å²) in [6, 6.07) is 21.2. The van der Waals surface area contributed by atoms with Crippen LogP contribution in [0.2, 0.25) is 0 Å². The van der Waals surface area contributed by atoms with Gasteiger partial charge in [0.25, 0.3) is 5.91 Å². The third-order valence-electron chi connectivity index (χ3n) is 8.02. The summed E-state index contributed by atoms with van der Waals surface area (Å²) in [5.74, 6) is 0.708. The number of fused-ring (bicyclic) bond motifs is 7. The third-order valence-corrected chi connectivity index (χ3v) is 8.67. The highest BCUT2D eigenvalue weighted by molar-refractivity contribution is 7.98. The van der Waals surface area contributed by atoms with Crippen molar-refractivity contribution in [1.29, 1.82) is 0 Å². The number of benzene rings is 3. The number of H-pyrrole nitrogens is 1. The Labute approximate surface area is 242 Å². The van der Waals surface area contributed by atoms with Gasteiger partial charge in [0.1, 0.15) is 17.8 Å². The van der Waals surface area contributed by atoms with E-state index in [1.165, 1.54) is 0 Å². The summed E-state index contributed by atoms with van der Waals surface area (Å²) >= 11 is 1.62. The Bertz CT molecular complexity index is 1620. The monoisotopic (exact) mass is 568 g/mol. The largest absolute Gasteiger partial charge is 0.497 e. The molecule has 210 valence electrons. The van der Waals surface area contributed by atoms with E-state index in [0.717, 1.165) is 39.0 Å². The molecule has 0 radical (unpaired) electrons. The van der Waals surface area contributed by atoms with Gasteiger partial charge in [0.05, 0.1) is 13.2 Å². The van der Waals surface area contributed by atoms with Crippen molar-refractivity contribution in [1.82, 2.24) is 20.5 Å². The fraction of sp³-hybridized carbons (Fsp3) is 0.281. The number of methoxy groups -OCH3 is 1. The minimum Gasteiger partial charge on any atom is -0.497 e. The second-order valence-corrected chi connectivity index (χ2v) is 11.4. The van der Waals surface area contributed by atoms with Crippen LogP contribution < -0.4 is 15.4 Å². The van der Waals surface area contributed by atoms with E-state index in [9.17, 15) is 14.4 Å². The van der Waals surface area contributed by atoms with Crippen LogP contribution in [0.15, 0.2) is 72.8 Å². The summed E-state index contributed by atoms with van der Waals surface area (Å²) in [4.78, 5) is 46.3. The molecule has 9 heteroatoms. The van der Waals surface area contributed by atoms with Crippen molar-refractivity contribution in [2.75, 3.05) is 19.1 Å². The quantitative estimate of drug-likeness (QED) is 0.281. The van der Waals surface area contributed by atoms with E-state index in [4.69, 9.17) is 4.74 Å². The molecule has 3 N–H and O–H groups in total. The molecule has 8 nitrogen and oxygen atoms in total. The minimum atomic E-state index is -0.752. The number of hydrogen-bond donors (Lipinski definition) is 3. The topological polar surface area (TPSA) is 104 Å². The maximum absolute atomic E-state index is 14.0. The number of aromatic amines is 1. The van der Waals surface area contributed by atoms with E-state index in [-0.39, 0.29) is 23.8 Å². The van der Waals surface area contributed by atoms with E-state index >= 15 is 0 Å². The number of para-hydroxylation sites is 1. The Kier molecular flexibility index (Phi) is 7.45. The van der Waals surface area contributed by atoms with Crippen molar-refractivity contribution in [3.8, 4) is 5.75 Å². The molecule has 3 heterocycles. The number of nitrogens with one attached hydrogen (secondary N) is 3. The first-order valence-corrected chi connectivity index (χ1v) is 15.1. The molecule has 3 aromatic carbocycles. The van der Waals surface area contributed by atoms with Gasteiger partial charge in [-0.25, -0.2) is 0 Å². The molecule has 3 atom stereocenters. The standard InChI is InChI=1S/C32H32N4O4S/c1-40-20-13-11-19(12-14-20)18-33-30(37)26(15-16-41-2)35-31(38)27-17-24-21-7-5-6-10-25(21)34-28(24)29-22-8-3-4-9-23(22)32(39)36(27)29/h3-14,26-27,29,34H,15-18H2,1-2H3,(H,33,37)(H,35,38)/t26-,27-,29+/m0/s1. The molecule has 6 rings (SSSR count). The zero-order valence-electron chi connectivity index (χ0n) is 23.0. The number of hydrogen-bond acceptors (Lipinski definition) is 5. The van der Waals surface area contributed by atoms with Crippen molar-refractivity contribution >= 4 is 40.4 Å². The van der Waals surface area contributed by atoms with Crippen LogP contribution >= 0.6 is 11.8 Å². The first kappa shape index (κ1) is 27.0. The zero-order chi connectivity index (χ0) is 28.5. The second kappa shape index (κ2) is 11.3. The lowest BCUT2D eigenvalue weighted by molar-refractivity contribution is -0.132. The summed E-state index contributed by atoms with van der Waals surface area (Å²) in [7, 11) is 1.61. The Morgan fingerprint density at radius 3 is 2.61 bits per heavy atom.